The zero-order valence-corrected chi connectivity index (χ0v) is 13.5. The van der Waals surface area contributed by atoms with E-state index >= 15 is 0 Å². The van der Waals surface area contributed by atoms with Crippen LogP contribution in [-0.4, -0.2) is 27.7 Å². The molecule has 0 atom stereocenters. The average molecular weight is 232 g/mol. The van der Waals surface area contributed by atoms with Crippen LogP contribution in [0.1, 0.15) is 54.4 Å². The molecular weight excluding hydrogens is 204 g/mol. The third-order valence-corrected chi connectivity index (χ3v) is 3.60. The van der Waals surface area contributed by atoms with Crippen LogP contribution in [-0.2, 0) is 9.47 Å². The maximum Gasteiger partial charge on any atom is 0.155 e. The van der Waals surface area contributed by atoms with E-state index < -0.39 is 0 Å². The quantitative estimate of drug-likeness (QED) is 0.496. The summed E-state index contributed by atoms with van der Waals surface area (Å²) in [6.07, 6.45) is 2.00. The fraction of sp³-hybridized carbons (Fsp3) is 1.00. The summed E-state index contributed by atoms with van der Waals surface area (Å²) in [7, 11) is 1.11. The monoisotopic (exact) mass is 232 g/mol. The van der Waals surface area contributed by atoms with E-state index in [4.69, 9.17) is 9.47 Å². The molecule has 0 amide bonds. The van der Waals surface area contributed by atoms with Crippen LogP contribution in [0.5, 0.6) is 0 Å². The largest absolute Gasteiger partial charge is 0.347 e. The topological polar surface area (TPSA) is 18.5 Å². The van der Waals surface area contributed by atoms with Crippen molar-refractivity contribution in [1.29, 1.82) is 0 Å². The number of ether oxygens (including phenoxy) is 2. The Kier molecular flexibility index (Phi) is 6.07. The van der Waals surface area contributed by atoms with Crippen LogP contribution in [0.3, 0.4) is 0 Å². The van der Waals surface area contributed by atoms with Crippen LogP contribution in [0.25, 0.3) is 0 Å². The van der Waals surface area contributed by atoms with Gasteiger partial charge in [0.05, 0.1) is 11.2 Å². The Bertz CT molecular complexity index is 160. The smallest absolute Gasteiger partial charge is 0.155 e. The zero-order valence-electron chi connectivity index (χ0n) is 11.5. The van der Waals surface area contributed by atoms with Gasteiger partial charge in [0.25, 0.3) is 0 Å². The SMILES string of the molecule is CCC(C)(C)OC(C[SiH3])OC(C)(C)CC. The van der Waals surface area contributed by atoms with Crippen molar-refractivity contribution in [3.63, 3.8) is 0 Å². The molecule has 0 radical (unpaired) electrons. The van der Waals surface area contributed by atoms with Crippen molar-refractivity contribution in [3.8, 4) is 0 Å². The lowest BCUT2D eigenvalue weighted by Gasteiger charge is -2.34. The number of rotatable bonds is 7. The van der Waals surface area contributed by atoms with Gasteiger partial charge in [0.1, 0.15) is 0 Å². The first kappa shape index (κ1) is 15.1. The molecule has 0 spiro atoms. The summed E-state index contributed by atoms with van der Waals surface area (Å²) < 4.78 is 12.0. The Balaban J connectivity index is 4.27. The zero-order chi connectivity index (χ0) is 12.1. The molecule has 15 heavy (non-hydrogen) atoms. The molecule has 0 aliphatic rings. The highest BCUT2D eigenvalue weighted by atomic mass is 28.1. The van der Waals surface area contributed by atoms with Gasteiger partial charge in [-0.3, -0.25) is 0 Å². The van der Waals surface area contributed by atoms with E-state index in [1.54, 1.807) is 0 Å². The lowest BCUT2D eigenvalue weighted by molar-refractivity contribution is -0.233. The minimum atomic E-state index is -0.0705. The van der Waals surface area contributed by atoms with Crippen LogP contribution in [0, 0.1) is 0 Å². The second kappa shape index (κ2) is 6.02. The summed E-state index contributed by atoms with van der Waals surface area (Å²) in [6.45, 7) is 12.8. The molecule has 0 heterocycles. The molecular formula is C12H28O2Si. The Morgan fingerprint density at radius 3 is 1.47 bits per heavy atom. The first-order chi connectivity index (χ1) is 6.76. The van der Waals surface area contributed by atoms with Gasteiger partial charge in [-0.05, 0) is 46.6 Å². The summed E-state index contributed by atoms with van der Waals surface area (Å²) in [5.41, 5.74) is -0.141. The molecule has 0 aromatic heterocycles. The summed E-state index contributed by atoms with van der Waals surface area (Å²) in [5, 5.41) is 0. The van der Waals surface area contributed by atoms with E-state index in [0.29, 0.717) is 0 Å². The minimum Gasteiger partial charge on any atom is -0.347 e. The van der Waals surface area contributed by atoms with Crippen LogP contribution in [0.4, 0.5) is 0 Å². The highest BCUT2D eigenvalue weighted by Crippen LogP contribution is 2.23. The van der Waals surface area contributed by atoms with Gasteiger partial charge < -0.3 is 9.47 Å². The summed E-state index contributed by atoms with van der Waals surface area (Å²) in [6, 6.07) is 1.03. The van der Waals surface area contributed by atoms with Crippen molar-refractivity contribution in [3.05, 3.63) is 0 Å². The highest BCUT2D eigenvalue weighted by Gasteiger charge is 2.26. The predicted molar refractivity (Wildman–Crippen MR) is 69.4 cm³/mol. The summed E-state index contributed by atoms with van der Waals surface area (Å²) >= 11 is 0. The second-order valence-corrected chi connectivity index (χ2v) is 6.12. The molecule has 0 saturated heterocycles. The fourth-order valence-electron chi connectivity index (χ4n) is 1.07. The Morgan fingerprint density at radius 1 is 0.933 bits per heavy atom. The van der Waals surface area contributed by atoms with Crippen molar-refractivity contribution in [2.75, 3.05) is 0 Å². The van der Waals surface area contributed by atoms with Crippen LogP contribution < -0.4 is 0 Å². The van der Waals surface area contributed by atoms with Crippen molar-refractivity contribution >= 4 is 10.2 Å². The molecule has 0 aliphatic heterocycles. The summed E-state index contributed by atoms with van der Waals surface area (Å²) in [4.78, 5) is 0. The van der Waals surface area contributed by atoms with E-state index in [1.165, 1.54) is 0 Å². The molecule has 0 fully saturated rings. The van der Waals surface area contributed by atoms with E-state index in [-0.39, 0.29) is 17.5 Å². The fourth-order valence-corrected chi connectivity index (χ4v) is 1.40. The van der Waals surface area contributed by atoms with Crippen molar-refractivity contribution < 1.29 is 9.47 Å². The molecule has 92 valence electrons. The van der Waals surface area contributed by atoms with Gasteiger partial charge in [0, 0.05) is 10.2 Å². The molecule has 0 aliphatic carbocycles. The van der Waals surface area contributed by atoms with Crippen molar-refractivity contribution in [2.24, 2.45) is 0 Å². The molecule has 0 saturated carbocycles. The Morgan fingerprint density at radius 2 is 1.27 bits per heavy atom. The van der Waals surface area contributed by atoms with Crippen molar-refractivity contribution in [2.45, 2.75) is 77.9 Å². The van der Waals surface area contributed by atoms with Gasteiger partial charge in [0.15, 0.2) is 6.29 Å². The number of hydrogen-bond acceptors (Lipinski definition) is 2. The van der Waals surface area contributed by atoms with Crippen LogP contribution in [0.2, 0.25) is 6.04 Å². The highest BCUT2D eigenvalue weighted by molar-refractivity contribution is 6.08. The van der Waals surface area contributed by atoms with Gasteiger partial charge in [-0.15, -0.1) is 0 Å². The maximum atomic E-state index is 5.99. The standard InChI is InChI=1S/C12H28O2Si/c1-7-11(3,4)13-10(9-15)14-12(5,6)8-2/h10H,7-9H2,1-6,15H3. The average Bonchev–Trinajstić information content (AvgIpc) is 2.16. The lowest BCUT2D eigenvalue weighted by Crippen LogP contribution is -2.37. The molecule has 0 bridgehead atoms. The molecule has 3 heteroatoms. The molecule has 0 aromatic rings. The maximum absolute atomic E-state index is 5.99. The normalized spacial score (nSPS) is 13.8. The number of hydrogen-bond donors (Lipinski definition) is 0. The van der Waals surface area contributed by atoms with Crippen LogP contribution >= 0.6 is 0 Å². The summed E-state index contributed by atoms with van der Waals surface area (Å²) in [5.74, 6) is 0. The van der Waals surface area contributed by atoms with E-state index in [9.17, 15) is 0 Å². The van der Waals surface area contributed by atoms with Gasteiger partial charge in [0.2, 0.25) is 0 Å². The second-order valence-electron chi connectivity index (χ2n) is 5.30. The Hall–Kier alpha value is 0.137. The predicted octanol–water partition coefficient (Wildman–Crippen LogP) is 2.51. The first-order valence-electron chi connectivity index (χ1n) is 6.12. The van der Waals surface area contributed by atoms with E-state index in [1.807, 2.05) is 0 Å². The third-order valence-electron chi connectivity index (χ3n) is 2.94. The Labute approximate surface area is 98.2 Å². The molecule has 0 rings (SSSR count). The van der Waals surface area contributed by atoms with Crippen LogP contribution in [0.15, 0.2) is 0 Å². The van der Waals surface area contributed by atoms with E-state index in [2.05, 4.69) is 41.5 Å². The molecule has 0 N–H and O–H groups in total. The third kappa shape index (κ3) is 6.33. The van der Waals surface area contributed by atoms with Gasteiger partial charge in [-0.1, -0.05) is 13.8 Å². The van der Waals surface area contributed by atoms with Crippen molar-refractivity contribution in [1.82, 2.24) is 0 Å². The lowest BCUT2D eigenvalue weighted by atomic mass is 10.1. The molecule has 0 aromatic carbocycles. The minimum absolute atomic E-state index is 0.0263. The first-order valence-corrected chi connectivity index (χ1v) is 7.53. The molecule has 0 unspecified atom stereocenters. The van der Waals surface area contributed by atoms with Gasteiger partial charge in [-0.2, -0.15) is 0 Å². The van der Waals surface area contributed by atoms with E-state index in [0.717, 1.165) is 29.1 Å². The van der Waals surface area contributed by atoms with Gasteiger partial charge >= 0.3 is 0 Å². The molecule has 2 nitrogen and oxygen atoms in total. The van der Waals surface area contributed by atoms with Gasteiger partial charge in [-0.25, -0.2) is 0 Å².